The number of aryl methyl sites for hydroxylation is 2. The molecular formula is C19H18ClF3N2O2. The summed E-state index contributed by atoms with van der Waals surface area (Å²) in [6.45, 7) is 3.79. The average Bonchev–Trinajstić information content (AvgIpc) is 2.62. The second kappa shape index (κ2) is 8.43. The van der Waals surface area contributed by atoms with Gasteiger partial charge in [0, 0.05) is 10.7 Å². The summed E-state index contributed by atoms with van der Waals surface area (Å²) in [6.07, 6.45) is -3.48. The molecule has 0 aliphatic carbocycles. The maximum Gasteiger partial charge on any atom is 0.418 e. The summed E-state index contributed by atoms with van der Waals surface area (Å²) in [6, 6.07) is 8.37. The van der Waals surface area contributed by atoms with Crippen LogP contribution in [-0.2, 0) is 28.6 Å². The maximum absolute atomic E-state index is 13.1. The number of carbonyl (C=O) groups is 2. The highest BCUT2D eigenvalue weighted by molar-refractivity contribution is 6.44. The number of amides is 2. The van der Waals surface area contributed by atoms with E-state index in [0.29, 0.717) is 24.6 Å². The van der Waals surface area contributed by atoms with Crippen LogP contribution in [0, 0.1) is 0 Å². The molecule has 8 heteroatoms. The Hall–Kier alpha value is -2.54. The van der Waals surface area contributed by atoms with E-state index in [0.717, 1.165) is 17.2 Å². The van der Waals surface area contributed by atoms with E-state index in [1.807, 2.05) is 37.4 Å². The summed E-state index contributed by atoms with van der Waals surface area (Å²) in [5, 5.41) is 4.39. The highest BCUT2D eigenvalue weighted by Gasteiger charge is 2.34. The van der Waals surface area contributed by atoms with Crippen molar-refractivity contribution in [1.82, 2.24) is 0 Å². The fourth-order valence-corrected chi connectivity index (χ4v) is 2.78. The lowest BCUT2D eigenvalue weighted by Gasteiger charge is -2.16. The van der Waals surface area contributed by atoms with Crippen molar-refractivity contribution < 1.29 is 22.8 Å². The van der Waals surface area contributed by atoms with Gasteiger partial charge in [-0.25, -0.2) is 0 Å². The molecule has 0 fully saturated rings. The summed E-state index contributed by atoms with van der Waals surface area (Å²) in [4.78, 5) is 24.4. The maximum atomic E-state index is 13.1. The van der Waals surface area contributed by atoms with Gasteiger partial charge in [0.1, 0.15) is 0 Å². The summed E-state index contributed by atoms with van der Waals surface area (Å²) in [5.74, 6) is -2.25. The predicted molar refractivity (Wildman–Crippen MR) is 98.9 cm³/mol. The zero-order chi connectivity index (χ0) is 20.2. The standard InChI is InChI=1S/C19H18ClF3N2O2/c1-3-11-6-5-7-12(4-2)16(11)25-18(27)17(26)24-15-9-8-13(20)10-14(15)19(21,22)23/h5-10H,3-4H2,1-2H3,(H,24,26)(H,25,27). The van der Waals surface area contributed by atoms with Crippen molar-refractivity contribution in [2.45, 2.75) is 32.9 Å². The fourth-order valence-electron chi connectivity index (χ4n) is 2.61. The van der Waals surface area contributed by atoms with Crippen LogP contribution in [0.1, 0.15) is 30.5 Å². The quantitative estimate of drug-likeness (QED) is 0.707. The summed E-state index contributed by atoms with van der Waals surface area (Å²) in [7, 11) is 0. The van der Waals surface area contributed by atoms with E-state index >= 15 is 0 Å². The first kappa shape index (κ1) is 20.8. The van der Waals surface area contributed by atoms with E-state index in [-0.39, 0.29) is 5.02 Å². The third-order valence-corrected chi connectivity index (χ3v) is 4.21. The zero-order valence-electron chi connectivity index (χ0n) is 14.7. The molecule has 0 heterocycles. The Morgan fingerprint density at radius 2 is 1.52 bits per heavy atom. The molecule has 0 spiro atoms. The van der Waals surface area contributed by atoms with Gasteiger partial charge in [-0.05, 0) is 42.2 Å². The zero-order valence-corrected chi connectivity index (χ0v) is 15.5. The van der Waals surface area contributed by atoms with E-state index in [2.05, 4.69) is 5.32 Å². The first-order chi connectivity index (χ1) is 12.7. The monoisotopic (exact) mass is 398 g/mol. The number of hydrogen-bond acceptors (Lipinski definition) is 2. The van der Waals surface area contributed by atoms with Crippen LogP contribution in [0.3, 0.4) is 0 Å². The van der Waals surface area contributed by atoms with Crippen molar-refractivity contribution in [3.8, 4) is 0 Å². The SMILES string of the molecule is CCc1cccc(CC)c1NC(=O)C(=O)Nc1ccc(Cl)cc1C(F)(F)F. The molecule has 2 aromatic carbocycles. The number of carbonyl (C=O) groups excluding carboxylic acids is 2. The lowest BCUT2D eigenvalue weighted by atomic mass is 10.0. The van der Waals surface area contributed by atoms with Crippen molar-refractivity contribution in [2.24, 2.45) is 0 Å². The number of nitrogens with one attached hydrogen (secondary N) is 2. The average molecular weight is 399 g/mol. The first-order valence-electron chi connectivity index (χ1n) is 8.27. The third-order valence-electron chi connectivity index (χ3n) is 3.98. The Morgan fingerprint density at radius 3 is 2.04 bits per heavy atom. The normalized spacial score (nSPS) is 11.2. The van der Waals surface area contributed by atoms with Gasteiger partial charge in [0.25, 0.3) is 0 Å². The molecule has 2 aromatic rings. The Morgan fingerprint density at radius 1 is 0.963 bits per heavy atom. The van der Waals surface area contributed by atoms with Gasteiger partial charge in [0.15, 0.2) is 0 Å². The topological polar surface area (TPSA) is 58.2 Å². The van der Waals surface area contributed by atoms with Gasteiger partial charge in [0.05, 0.1) is 11.3 Å². The minimum absolute atomic E-state index is 0.130. The van der Waals surface area contributed by atoms with Crippen molar-refractivity contribution in [3.63, 3.8) is 0 Å². The molecule has 0 atom stereocenters. The number of benzene rings is 2. The second-order valence-electron chi connectivity index (χ2n) is 5.75. The summed E-state index contributed by atoms with van der Waals surface area (Å²) < 4.78 is 39.3. The molecule has 0 bridgehead atoms. The van der Waals surface area contributed by atoms with Crippen molar-refractivity contribution in [2.75, 3.05) is 10.6 Å². The van der Waals surface area contributed by atoms with Gasteiger partial charge >= 0.3 is 18.0 Å². The van der Waals surface area contributed by atoms with Gasteiger partial charge in [-0.1, -0.05) is 43.6 Å². The number of alkyl halides is 3. The van der Waals surface area contributed by atoms with Gasteiger partial charge in [-0.2, -0.15) is 13.2 Å². The van der Waals surface area contributed by atoms with Crippen molar-refractivity contribution >= 4 is 34.8 Å². The number of rotatable bonds is 4. The van der Waals surface area contributed by atoms with Crippen LogP contribution in [0.4, 0.5) is 24.5 Å². The molecule has 0 saturated heterocycles. The molecule has 0 aromatic heterocycles. The van der Waals surface area contributed by atoms with Crippen LogP contribution < -0.4 is 10.6 Å². The van der Waals surface area contributed by atoms with Crippen molar-refractivity contribution in [1.29, 1.82) is 0 Å². The fraction of sp³-hybridized carbons (Fsp3) is 0.263. The molecule has 2 rings (SSSR count). The molecule has 2 N–H and O–H groups in total. The lowest BCUT2D eigenvalue weighted by Crippen LogP contribution is -2.30. The van der Waals surface area contributed by atoms with Crippen LogP contribution in [0.15, 0.2) is 36.4 Å². The molecule has 0 radical (unpaired) electrons. The molecule has 0 unspecified atom stereocenters. The highest BCUT2D eigenvalue weighted by atomic mass is 35.5. The number of para-hydroxylation sites is 1. The second-order valence-corrected chi connectivity index (χ2v) is 6.19. The third kappa shape index (κ3) is 5.01. The van der Waals surface area contributed by atoms with Gasteiger partial charge < -0.3 is 10.6 Å². The molecular weight excluding hydrogens is 381 g/mol. The van der Waals surface area contributed by atoms with E-state index in [1.54, 1.807) is 0 Å². The van der Waals surface area contributed by atoms with Crippen molar-refractivity contribution in [3.05, 3.63) is 58.1 Å². The molecule has 27 heavy (non-hydrogen) atoms. The summed E-state index contributed by atoms with van der Waals surface area (Å²) in [5.41, 5.74) is 0.511. The Labute approximate surface area is 159 Å². The van der Waals surface area contributed by atoms with Crippen LogP contribution in [0.25, 0.3) is 0 Å². The number of anilines is 2. The number of hydrogen-bond donors (Lipinski definition) is 2. The van der Waals surface area contributed by atoms with Crippen LogP contribution in [-0.4, -0.2) is 11.8 Å². The minimum Gasteiger partial charge on any atom is -0.317 e. The van der Waals surface area contributed by atoms with E-state index in [9.17, 15) is 22.8 Å². The number of halogens is 4. The van der Waals surface area contributed by atoms with Gasteiger partial charge in [0.2, 0.25) is 0 Å². The van der Waals surface area contributed by atoms with Crippen LogP contribution >= 0.6 is 11.6 Å². The molecule has 0 saturated carbocycles. The largest absolute Gasteiger partial charge is 0.418 e. The molecule has 2 amide bonds. The van der Waals surface area contributed by atoms with Crippen LogP contribution in [0.5, 0.6) is 0 Å². The Kier molecular flexibility index (Phi) is 6.49. The lowest BCUT2D eigenvalue weighted by molar-refractivity contribution is -0.137. The van der Waals surface area contributed by atoms with E-state index in [4.69, 9.17) is 11.6 Å². The van der Waals surface area contributed by atoms with E-state index < -0.39 is 29.2 Å². The van der Waals surface area contributed by atoms with Crippen LogP contribution in [0.2, 0.25) is 5.02 Å². The smallest absolute Gasteiger partial charge is 0.317 e. The molecule has 0 aliphatic heterocycles. The Bertz CT molecular complexity index is 844. The first-order valence-corrected chi connectivity index (χ1v) is 8.65. The Balaban J connectivity index is 2.25. The molecule has 144 valence electrons. The summed E-state index contributed by atoms with van der Waals surface area (Å²) >= 11 is 5.60. The molecule has 4 nitrogen and oxygen atoms in total. The minimum atomic E-state index is -4.73. The predicted octanol–water partition coefficient (Wildman–Crippen LogP) is 5.06. The van der Waals surface area contributed by atoms with Gasteiger partial charge in [-0.3, -0.25) is 9.59 Å². The van der Waals surface area contributed by atoms with E-state index in [1.165, 1.54) is 6.07 Å². The highest BCUT2D eigenvalue weighted by Crippen LogP contribution is 2.36. The van der Waals surface area contributed by atoms with Gasteiger partial charge in [-0.15, -0.1) is 0 Å². The molecule has 0 aliphatic rings.